The monoisotopic (exact) mass is 375 g/mol. The van der Waals surface area contributed by atoms with E-state index >= 15 is 0 Å². The molecule has 146 valence electrons. The van der Waals surface area contributed by atoms with E-state index in [2.05, 4.69) is 0 Å². The maximum atomic E-state index is 13.5. The predicted octanol–water partition coefficient (Wildman–Crippen LogP) is 4.16. The molecular formula is C21H26FNO4. The number of para-hydroxylation sites is 1. The summed E-state index contributed by atoms with van der Waals surface area (Å²) in [7, 11) is 1.68. The van der Waals surface area contributed by atoms with Crippen LogP contribution in [-0.2, 0) is 0 Å². The van der Waals surface area contributed by atoms with E-state index in [0.29, 0.717) is 36.8 Å². The molecule has 1 amide bonds. The molecule has 0 aromatic heterocycles. The largest absolute Gasteiger partial charge is 0.490 e. The normalized spacial score (nSPS) is 10.4. The lowest BCUT2D eigenvalue weighted by Crippen LogP contribution is -2.31. The molecule has 0 atom stereocenters. The molecule has 2 rings (SSSR count). The van der Waals surface area contributed by atoms with Gasteiger partial charge in [-0.15, -0.1) is 0 Å². The van der Waals surface area contributed by atoms with Crippen LogP contribution < -0.4 is 14.2 Å². The number of hydrogen-bond donors (Lipinski definition) is 0. The molecule has 0 radical (unpaired) electrons. The third-order valence-electron chi connectivity index (χ3n) is 3.82. The van der Waals surface area contributed by atoms with Crippen molar-refractivity contribution < 1.29 is 23.4 Å². The topological polar surface area (TPSA) is 48.0 Å². The first-order valence-corrected chi connectivity index (χ1v) is 9.09. The van der Waals surface area contributed by atoms with Gasteiger partial charge in [0.15, 0.2) is 23.1 Å². The standard InChI is InChI=1S/C21H26FNO4/c1-4-13-26-19-11-10-16(15-20(19)25-5-2)21(24)23(3)12-14-27-18-9-7-6-8-17(18)22/h6-11,15H,4-5,12-14H2,1-3H3. The van der Waals surface area contributed by atoms with E-state index in [-0.39, 0.29) is 18.3 Å². The van der Waals surface area contributed by atoms with Gasteiger partial charge in [0, 0.05) is 12.6 Å². The number of amides is 1. The molecule has 0 aliphatic heterocycles. The minimum absolute atomic E-state index is 0.171. The highest BCUT2D eigenvalue weighted by Crippen LogP contribution is 2.29. The van der Waals surface area contributed by atoms with Crippen LogP contribution >= 0.6 is 0 Å². The van der Waals surface area contributed by atoms with Crippen molar-refractivity contribution in [3.63, 3.8) is 0 Å². The van der Waals surface area contributed by atoms with Crippen LogP contribution in [0.3, 0.4) is 0 Å². The Balaban J connectivity index is 1.98. The summed E-state index contributed by atoms with van der Waals surface area (Å²) < 4.78 is 30.2. The fourth-order valence-electron chi connectivity index (χ4n) is 2.42. The van der Waals surface area contributed by atoms with Gasteiger partial charge in [-0.25, -0.2) is 4.39 Å². The van der Waals surface area contributed by atoms with E-state index in [0.717, 1.165) is 6.42 Å². The molecule has 0 heterocycles. The summed E-state index contributed by atoms with van der Waals surface area (Å²) in [6, 6.07) is 11.3. The molecule has 0 fully saturated rings. The van der Waals surface area contributed by atoms with Crippen LogP contribution in [0.5, 0.6) is 17.2 Å². The Bertz CT molecular complexity index is 751. The molecule has 2 aromatic rings. The number of ether oxygens (including phenoxy) is 3. The molecule has 0 saturated carbocycles. The highest BCUT2D eigenvalue weighted by molar-refractivity contribution is 5.94. The first-order valence-electron chi connectivity index (χ1n) is 9.09. The second-order valence-corrected chi connectivity index (χ2v) is 5.95. The van der Waals surface area contributed by atoms with Crippen molar-refractivity contribution in [1.29, 1.82) is 0 Å². The van der Waals surface area contributed by atoms with Gasteiger partial charge >= 0.3 is 0 Å². The fourth-order valence-corrected chi connectivity index (χ4v) is 2.42. The van der Waals surface area contributed by atoms with E-state index < -0.39 is 5.82 Å². The number of carbonyl (C=O) groups excluding carboxylic acids is 1. The number of rotatable bonds is 10. The average Bonchev–Trinajstić information content (AvgIpc) is 2.68. The highest BCUT2D eigenvalue weighted by Gasteiger charge is 2.15. The van der Waals surface area contributed by atoms with Gasteiger partial charge in [-0.05, 0) is 43.7 Å². The number of likely N-dealkylation sites (N-methyl/N-ethyl adjacent to an activating group) is 1. The summed E-state index contributed by atoms with van der Waals surface area (Å²) in [6.45, 7) is 5.48. The molecule has 0 saturated heterocycles. The second-order valence-electron chi connectivity index (χ2n) is 5.95. The van der Waals surface area contributed by atoms with Crippen molar-refractivity contribution in [2.75, 3.05) is 33.4 Å². The second kappa shape index (κ2) is 10.4. The van der Waals surface area contributed by atoms with Gasteiger partial charge in [0.1, 0.15) is 6.61 Å². The third-order valence-corrected chi connectivity index (χ3v) is 3.82. The zero-order valence-corrected chi connectivity index (χ0v) is 16.0. The van der Waals surface area contributed by atoms with E-state index in [1.54, 1.807) is 43.4 Å². The van der Waals surface area contributed by atoms with E-state index in [1.165, 1.54) is 11.0 Å². The molecule has 6 heteroatoms. The van der Waals surface area contributed by atoms with Crippen molar-refractivity contribution in [2.45, 2.75) is 20.3 Å². The third kappa shape index (κ3) is 5.88. The molecule has 0 bridgehead atoms. The van der Waals surface area contributed by atoms with Gasteiger partial charge in [-0.2, -0.15) is 0 Å². The summed E-state index contributed by atoms with van der Waals surface area (Å²) in [4.78, 5) is 14.2. The lowest BCUT2D eigenvalue weighted by molar-refractivity contribution is 0.0772. The van der Waals surface area contributed by atoms with Gasteiger partial charge in [0.05, 0.1) is 19.8 Å². The van der Waals surface area contributed by atoms with Crippen LogP contribution in [-0.4, -0.2) is 44.2 Å². The summed E-state index contributed by atoms with van der Waals surface area (Å²) in [5.41, 5.74) is 0.496. The van der Waals surface area contributed by atoms with Gasteiger partial charge in [0.2, 0.25) is 0 Å². The number of carbonyl (C=O) groups is 1. The van der Waals surface area contributed by atoms with Crippen molar-refractivity contribution in [2.24, 2.45) is 0 Å². The lowest BCUT2D eigenvalue weighted by Gasteiger charge is -2.19. The minimum Gasteiger partial charge on any atom is -0.490 e. The van der Waals surface area contributed by atoms with Crippen LogP contribution in [0.1, 0.15) is 30.6 Å². The molecule has 0 spiro atoms. The van der Waals surface area contributed by atoms with Crippen LogP contribution in [0.4, 0.5) is 4.39 Å². The Morgan fingerprint density at radius 1 is 0.963 bits per heavy atom. The van der Waals surface area contributed by atoms with Crippen LogP contribution in [0, 0.1) is 5.82 Å². The molecule has 27 heavy (non-hydrogen) atoms. The van der Waals surface area contributed by atoms with E-state index in [9.17, 15) is 9.18 Å². The minimum atomic E-state index is -0.421. The smallest absolute Gasteiger partial charge is 0.253 e. The Kier molecular flexibility index (Phi) is 7.92. The Labute approximate surface area is 159 Å². The lowest BCUT2D eigenvalue weighted by atomic mass is 10.1. The molecule has 0 aliphatic rings. The van der Waals surface area contributed by atoms with Crippen LogP contribution in [0.25, 0.3) is 0 Å². The van der Waals surface area contributed by atoms with E-state index in [1.807, 2.05) is 13.8 Å². The molecule has 2 aromatic carbocycles. The first-order chi connectivity index (χ1) is 13.1. The zero-order chi connectivity index (χ0) is 19.6. The number of hydrogen-bond acceptors (Lipinski definition) is 4. The number of benzene rings is 2. The van der Waals surface area contributed by atoms with Gasteiger partial charge in [0.25, 0.3) is 5.91 Å². The molecule has 0 aliphatic carbocycles. The van der Waals surface area contributed by atoms with Crippen LogP contribution in [0.15, 0.2) is 42.5 Å². The zero-order valence-electron chi connectivity index (χ0n) is 16.0. The predicted molar refractivity (Wildman–Crippen MR) is 102 cm³/mol. The SMILES string of the molecule is CCCOc1ccc(C(=O)N(C)CCOc2ccccc2F)cc1OCC. The quantitative estimate of drug-likeness (QED) is 0.626. The Morgan fingerprint density at radius 2 is 1.70 bits per heavy atom. The van der Waals surface area contributed by atoms with Crippen molar-refractivity contribution in [3.05, 3.63) is 53.8 Å². The first kappa shape index (κ1) is 20.6. The summed E-state index contributed by atoms with van der Waals surface area (Å²) in [5, 5.41) is 0. The van der Waals surface area contributed by atoms with Crippen molar-refractivity contribution >= 4 is 5.91 Å². The van der Waals surface area contributed by atoms with Gasteiger partial charge in [-0.1, -0.05) is 19.1 Å². The highest BCUT2D eigenvalue weighted by atomic mass is 19.1. The maximum absolute atomic E-state index is 13.5. The molecule has 0 N–H and O–H groups in total. The Morgan fingerprint density at radius 3 is 2.41 bits per heavy atom. The van der Waals surface area contributed by atoms with Crippen LogP contribution in [0.2, 0.25) is 0 Å². The number of halogens is 1. The Hall–Kier alpha value is -2.76. The summed E-state index contributed by atoms with van der Waals surface area (Å²) in [6.07, 6.45) is 0.886. The number of nitrogens with zero attached hydrogens (tertiary/aromatic N) is 1. The maximum Gasteiger partial charge on any atom is 0.253 e. The van der Waals surface area contributed by atoms with Gasteiger partial charge in [-0.3, -0.25) is 4.79 Å². The van der Waals surface area contributed by atoms with E-state index in [4.69, 9.17) is 14.2 Å². The molecule has 0 unspecified atom stereocenters. The van der Waals surface area contributed by atoms with Gasteiger partial charge < -0.3 is 19.1 Å². The molecular weight excluding hydrogens is 349 g/mol. The van der Waals surface area contributed by atoms with Crippen molar-refractivity contribution in [3.8, 4) is 17.2 Å². The summed E-state index contributed by atoms with van der Waals surface area (Å²) >= 11 is 0. The van der Waals surface area contributed by atoms with Crippen molar-refractivity contribution in [1.82, 2.24) is 4.90 Å². The molecule has 5 nitrogen and oxygen atoms in total. The summed E-state index contributed by atoms with van der Waals surface area (Å²) in [5.74, 6) is 0.758. The fraction of sp³-hybridized carbons (Fsp3) is 0.381. The average molecular weight is 375 g/mol.